The van der Waals surface area contributed by atoms with Crippen molar-refractivity contribution in [3.8, 4) is 5.75 Å². The molecule has 0 aliphatic rings. The SMILES string of the molecule is Cl[Si](Cl)(Cl)CCCCCCCCCCOc1ccc2ccccc2c1. The van der Waals surface area contributed by atoms with Gasteiger partial charge in [-0.3, -0.25) is 0 Å². The van der Waals surface area contributed by atoms with Gasteiger partial charge in [0.05, 0.1) is 6.61 Å². The molecule has 0 aliphatic heterocycles. The second kappa shape index (κ2) is 11.3. The minimum absolute atomic E-state index is 0.795. The van der Waals surface area contributed by atoms with Crippen LogP contribution in [0.15, 0.2) is 42.5 Å². The number of ether oxygens (including phenoxy) is 1. The fourth-order valence-electron chi connectivity index (χ4n) is 2.94. The van der Waals surface area contributed by atoms with E-state index in [1.807, 2.05) is 0 Å². The number of unbranched alkanes of at least 4 members (excludes halogenated alkanes) is 7. The van der Waals surface area contributed by atoms with Crippen LogP contribution in [-0.4, -0.2) is 12.6 Å². The van der Waals surface area contributed by atoms with E-state index in [9.17, 15) is 0 Å². The molecule has 138 valence electrons. The van der Waals surface area contributed by atoms with Crippen molar-refractivity contribution >= 4 is 50.0 Å². The van der Waals surface area contributed by atoms with Gasteiger partial charge >= 0.3 is 6.00 Å². The number of fused-ring (bicyclic) bond motifs is 1. The van der Waals surface area contributed by atoms with Crippen LogP contribution in [0.3, 0.4) is 0 Å². The minimum atomic E-state index is -2.39. The molecule has 0 aliphatic carbocycles. The zero-order valence-corrected chi connectivity index (χ0v) is 17.9. The predicted octanol–water partition coefficient (Wildman–Crippen LogP) is 7.99. The van der Waals surface area contributed by atoms with Crippen LogP contribution in [0.1, 0.15) is 51.4 Å². The molecule has 2 rings (SSSR count). The Hall–Kier alpha value is -0.413. The third-order valence-corrected chi connectivity index (χ3v) is 6.97. The van der Waals surface area contributed by atoms with Crippen LogP contribution in [-0.2, 0) is 0 Å². The van der Waals surface area contributed by atoms with Crippen molar-refractivity contribution in [1.82, 2.24) is 0 Å². The molecule has 0 spiro atoms. The lowest BCUT2D eigenvalue weighted by Gasteiger charge is -2.08. The molecular weight excluding hydrogens is 391 g/mol. The van der Waals surface area contributed by atoms with Crippen molar-refractivity contribution in [3.05, 3.63) is 42.5 Å². The van der Waals surface area contributed by atoms with Gasteiger partial charge in [0.15, 0.2) is 0 Å². The van der Waals surface area contributed by atoms with Gasteiger partial charge in [-0.15, -0.1) is 33.2 Å². The lowest BCUT2D eigenvalue weighted by molar-refractivity contribution is 0.304. The summed E-state index contributed by atoms with van der Waals surface area (Å²) in [4.78, 5) is 0. The fourth-order valence-corrected chi connectivity index (χ4v) is 4.79. The Morgan fingerprint density at radius 1 is 0.680 bits per heavy atom. The van der Waals surface area contributed by atoms with E-state index in [-0.39, 0.29) is 0 Å². The molecular formula is C20H27Cl3OSi. The van der Waals surface area contributed by atoms with E-state index >= 15 is 0 Å². The maximum absolute atomic E-state index is 5.88. The molecule has 0 saturated heterocycles. The van der Waals surface area contributed by atoms with Crippen LogP contribution >= 0.6 is 33.2 Å². The quantitative estimate of drug-likeness (QED) is 0.193. The van der Waals surface area contributed by atoms with E-state index in [1.54, 1.807) is 0 Å². The fraction of sp³-hybridized carbons (Fsp3) is 0.500. The second-order valence-corrected chi connectivity index (χ2v) is 15.8. The Morgan fingerprint density at radius 3 is 1.96 bits per heavy atom. The summed E-state index contributed by atoms with van der Waals surface area (Å²) >= 11 is 17.6. The average Bonchev–Trinajstić information content (AvgIpc) is 2.58. The van der Waals surface area contributed by atoms with Gasteiger partial charge in [0.1, 0.15) is 5.75 Å². The maximum Gasteiger partial charge on any atom is 0.341 e. The summed E-state index contributed by atoms with van der Waals surface area (Å²) in [6.07, 6.45) is 9.70. The molecule has 2 aromatic rings. The summed E-state index contributed by atoms with van der Waals surface area (Å²) in [7, 11) is 0. The molecule has 0 atom stereocenters. The van der Waals surface area contributed by atoms with Gasteiger partial charge < -0.3 is 4.74 Å². The molecule has 0 radical (unpaired) electrons. The lowest BCUT2D eigenvalue weighted by Crippen LogP contribution is -2.07. The molecule has 0 saturated carbocycles. The first kappa shape index (κ1) is 20.9. The van der Waals surface area contributed by atoms with Crippen LogP contribution in [0, 0.1) is 0 Å². The molecule has 0 aromatic heterocycles. The highest BCUT2D eigenvalue weighted by Crippen LogP contribution is 2.27. The van der Waals surface area contributed by atoms with E-state index in [4.69, 9.17) is 38.0 Å². The zero-order valence-electron chi connectivity index (χ0n) is 14.7. The summed E-state index contributed by atoms with van der Waals surface area (Å²) < 4.78 is 5.87. The largest absolute Gasteiger partial charge is 0.494 e. The number of hydrogen-bond acceptors (Lipinski definition) is 1. The van der Waals surface area contributed by atoms with Crippen LogP contribution in [0.2, 0.25) is 6.04 Å². The number of benzene rings is 2. The van der Waals surface area contributed by atoms with Gasteiger partial charge in [-0.05, 0) is 35.4 Å². The highest BCUT2D eigenvalue weighted by Gasteiger charge is 2.23. The van der Waals surface area contributed by atoms with Crippen molar-refractivity contribution in [2.24, 2.45) is 0 Å². The molecule has 2 aromatic carbocycles. The van der Waals surface area contributed by atoms with E-state index < -0.39 is 6.00 Å². The van der Waals surface area contributed by atoms with Crippen molar-refractivity contribution in [2.75, 3.05) is 6.61 Å². The highest BCUT2D eigenvalue weighted by molar-refractivity contribution is 7.64. The van der Waals surface area contributed by atoms with Gasteiger partial charge in [0, 0.05) is 0 Å². The molecule has 5 heteroatoms. The highest BCUT2D eigenvalue weighted by atomic mass is 35.8. The summed E-state index contributed by atoms with van der Waals surface area (Å²) in [5.74, 6) is 0.969. The smallest absolute Gasteiger partial charge is 0.341 e. The van der Waals surface area contributed by atoms with E-state index in [0.29, 0.717) is 0 Å². The Kier molecular flexibility index (Phi) is 9.47. The van der Waals surface area contributed by atoms with Crippen molar-refractivity contribution < 1.29 is 4.74 Å². The summed E-state index contributed by atoms with van der Waals surface area (Å²) in [6.45, 7) is 0.798. The van der Waals surface area contributed by atoms with Crippen molar-refractivity contribution in [1.29, 1.82) is 0 Å². The normalized spacial score (nSPS) is 11.8. The molecule has 0 fully saturated rings. The van der Waals surface area contributed by atoms with E-state index in [0.717, 1.165) is 31.2 Å². The third kappa shape index (κ3) is 9.19. The van der Waals surface area contributed by atoms with Gasteiger partial charge in [0.25, 0.3) is 0 Å². The molecule has 0 N–H and O–H groups in total. The molecule has 0 amide bonds. The monoisotopic (exact) mass is 416 g/mol. The summed E-state index contributed by atoms with van der Waals surface area (Å²) in [5.41, 5.74) is 0. The van der Waals surface area contributed by atoms with Gasteiger partial charge in [-0.2, -0.15) is 0 Å². The number of halogens is 3. The lowest BCUT2D eigenvalue weighted by atomic mass is 10.1. The van der Waals surface area contributed by atoms with Gasteiger partial charge in [0.2, 0.25) is 0 Å². The van der Waals surface area contributed by atoms with Crippen LogP contribution in [0.25, 0.3) is 10.8 Å². The summed E-state index contributed by atoms with van der Waals surface area (Å²) in [6, 6.07) is 13.1. The molecule has 1 nitrogen and oxygen atoms in total. The first-order chi connectivity index (χ1) is 12.0. The van der Waals surface area contributed by atoms with Crippen molar-refractivity contribution in [3.63, 3.8) is 0 Å². The predicted molar refractivity (Wildman–Crippen MR) is 114 cm³/mol. The minimum Gasteiger partial charge on any atom is -0.494 e. The third-order valence-electron chi connectivity index (χ3n) is 4.34. The summed E-state index contributed by atoms with van der Waals surface area (Å²) in [5, 5.41) is 2.49. The number of hydrogen-bond donors (Lipinski definition) is 0. The Bertz CT molecular complexity index is 628. The Morgan fingerprint density at radius 2 is 1.28 bits per heavy atom. The van der Waals surface area contributed by atoms with Crippen molar-refractivity contribution in [2.45, 2.75) is 57.4 Å². The Labute approximate surface area is 166 Å². The van der Waals surface area contributed by atoms with Crippen LogP contribution in [0.4, 0.5) is 0 Å². The topological polar surface area (TPSA) is 9.23 Å². The van der Waals surface area contributed by atoms with E-state index in [2.05, 4.69) is 42.5 Å². The molecule has 25 heavy (non-hydrogen) atoms. The molecule has 0 bridgehead atoms. The van der Waals surface area contributed by atoms with Crippen LogP contribution < -0.4 is 4.74 Å². The molecule has 0 unspecified atom stereocenters. The standard InChI is InChI=1S/C20H27Cl3OSi/c21-25(22,23)16-10-6-4-2-1-3-5-9-15-24-20-14-13-18-11-7-8-12-19(18)17-20/h7-8,11-14,17H,1-6,9-10,15-16H2. The average molecular weight is 418 g/mol. The first-order valence-electron chi connectivity index (χ1n) is 9.23. The van der Waals surface area contributed by atoms with Gasteiger partial charge in [-0.25, -0.2) is 0 Å². The second-order valence-electron chi connectivity index (χ2n) is 6.55. The zero-order chi connectivity index (χ0) is 18.0. The van der Waals surface area contributed by atoms with E-state index in [1.165, 1.54) is 49.3 Å². The van der Waals surface area contributed by atoms with Gasteiger partial charge in [-0.1, -0.05) is 75.3 Å². The van der Waals surface area contributed by atoms with Crippen LogP contribution in [0.5, 0.6) is 5.75 Å². The molecule has 0 heterocycles. The first-order valence-corrected chi connectivity index (χ1v) is 14.5. The Balaban J connectivity index is 1.46. The number of rotatable bonds is 12. The maximum atomic E-state index is 5.88.